The Kier molecular flexibility index (Phi) is 7.39. The molecule has 1 amide bonds. The van der Waals surface area contributed by atoms with Crippen molar-refractivity contribution in [3.8, 4) is 0 Å². The van der Waals surface area contributed by atoms with Gasteiger partial charge in [-0.15, -0.1) is 5.10 Å². The molecule has 162 valence electrons. The summed E-state index contributed by atoms with van der Waals surface area (Å²) in [5, 5.41) is 15.5. The Balaban J connectivity index is 0.000000370. The molecule has 1 atom stereocenters. The Morgan fingerprint density at radius 3 is 2.52 bits per heavy atom. The maximum atomic E-state index is 12.8. The Morgan fingerprint density at radius 2 is 1.97 bits per heavy atom. The van der Waals surface area contributed by atoms with Crippen LogP contribution in [0.2, 0.25) is 0 Å². The van der Waals surface area contributed by atoms with Gasteiger partial charge in [-0.1, -0.05) is 0 Å². The number of hydrogen-bond acceptors (Lipinski definition) is 6. The van der Waals surface area contributed by atoms with E-state index in [2.05, 4.69) is 15.1 Å². The van der Waals surface area contributed by atoms with Crippen molar-refractivity contribution in [3.63, 3.8) is 0 Å². The van der Waals surface area contributed by atoms with Gasteiger partial charge in [-0.05, 0) is 38.3 Å². The Labute approximate surface area is 166 Å². The molecule has 0 aliphatic carbocycles. The largest absolute Gasteiger partial charge is 0.490 e. The number of halogens is 3. The summed E-state index contributed by atoms with van der Waals surface area (Å²) in [6.07, 6.45) is -2.14. The number of aliphatic carboxylic acids is 1. The SMILES string of the molecule is COCCN1CCC2(CCCN(c3ccc(C)nn3)C2)C1=O.O=C(O)C(F)(F)F. The quantitative estimate of drug-likeness (QED) is 0.798. The number of carbonyl (C=O) groups is 2. The zero-order chi connectivity index (χ0) is 21.7. The summed E-state index contributed by atoms with van der Waals surface area (Å²) >= 11 is 0. The molecule has 1 unspecified atom stereocenters. The van der Waals surface area contributed by atoms with Crippen molar-refractivity contribution in [2.24, 2.45) is 5.41 Å². The van der Waals surface area contributed by atoms with Crippen LogP contribution in [0, 0.1) is 12.3 Å². The zero-order valence-corrected chi connectivity index (χ0v) is 16.4. The number of alkyl halides is 3. The molecule has 2 saturated heterocycles. The summed E-state index contributed by atoms with van der Waals surface area (Å²) in [7, 11) is 1.68. The van der Waals surface area contributed by atoms with Crippen molar-refractivity contribution < 1.29 is 32.6 Å². The van der Waals surface area contributed by atoms with Gasteiger partial charge in [-0.25, -0.2) is 4.79 Å². The number of piperidine rings is 1. The van der Waals surface area contributed by atoms with Crippen LogP contribution in [0.4, 0.5) is 19.0 Å². The van der Waals surface area contributed by atoms with Crippen molar-refractivity contribution >= 4 is 17.7 Å². The second-order valence-corrected chi connectivity index (χ2v) is 7.18. The highest BCUT2D eigenvalue weighted by atomic mass is 19.4. The van der Waals surface area contributed by atoms with Crippen molar-refractivity contribution in [3.05, 3.63) is 17.8 Å². The number of rotatable bonds is 4. The monoisotopic (exact) mass is 418 g/mol. The van der Waals surface area contributed by atoms with E-state index in [1.807, 2.05) is 24.0 Å². The van der Waals surface area contributed by atoms with Crippen LogP contribution >= 0.6 is 0 Å². The number of methoxy groups -OCH3 is 1. The van der Waals surface area contributed by atoms with Crippen LogP contribution in [0.5, 0.6) is 0 Å². The molecule has 0 radical (unpaired) electrons. The first kappa shape index (κ1) is 22.9. The molecule has 1 spiro atoms. The van der Waals surface area contributed by atoms with E-state index in [1.165, 1.54) is 0 Å². The van der Waals surface area contributed by atoms with Gasteiger partial charge in [0.25, 0.3) is 0 Å². The molecule has 2 fully saturated rings. The number of nitrogens with zero attached hydrogens (tertiary/aromatic N) is 4. The fraction of sp³-hybridized carbons (Fsp3) is 0.667. The molecule has 8 nitrogen and oxygen atoms in total. The lowest BCUT2D eigenvalue weighted by molar-refractivity contribution is -0.192. The van der Waals surface area contributed by atoms with Crippen molar-refractivity contribution in [1.82, 2.24) is 15.1 Å². The summed E-state index contributed by atoms with van der Waals surface area (Å²) in [5.74, 6) is -1.59. The van der Waals surface area contributed by atoms with E-state index in [4.69, 9.17) is 14.6 Å². The van der Waals surface area contributed by atoms with Crippen LogP contribution in [0.15, 0.2) is 12.1 Å². The predicted octanol–water partition coefficient (Wildman–Crippen LogP) is 1.88. The van der Waals surface area contributed by atoms with Crippen LogP contribution < -0.4 is 4.90 Å². The van der Waals surface area contributed by atoms with Gasteiger partial charge in [-0.3, -0.25) is 4.79 Å². The van der Waals surface area contributed by atoms with Gasteiger partial charge < -0.3 is 19.6 Å². The minimum Gasteiger partial charge on any atom is -0.475 e. The lowest BCUT2D eigenvalue weighted by Crippen LogP contribution is -2.48. The first-order chi connectivity index (χ1) is 13.6. The van der Waals surface area contributed by atoms with Gasteiger partial charge in [0.2, 0.25) is 5.91 Å². The Hall–Kier alpha value is -2.43. The molecule has 2 aliphatic heterocycles. The van der Waals surface area contributed by atoms with E-state index >= 15 is 0 Å². The molecule has 1 N–H and O–H groups in total. The molecule has 3 heterocycles. The predicted molar refractivity (Wildman–Crippen MR) is 97.4 cm³/mol. The number of ether oxygens (including phenoxy) is 1. The van der Waals surface area contributed by atoms with E-state index in [0.717, 1.165) is 50.4 Å². The normalized spacial score (nSPS) is 21.9. The van der Waals surface area contributed by atoms with Gasteiger partial charge >= 0.3 is 12.1 Å². The minimum atomic E-state index is -5.08. The van der Waals surface area contributed by atoms with Crippen molar-refractivity contribution in [2.45, 2.75) is 32.4 Å². The van der Waals surface area contributed by atoms with E-state index in [9.17, 15) is 18.0 Å². The number of hydrogen-bond donors (Lipinski definition) is 1. The van der Waals surface area contributed by atoms with Crippen LogP contribution in [0.1, 0.15) is 25.0 Å². The number of carboxylic acid groups (broad SMARTS) is 1. The van der Waals surface area contributed by atoms with Gasteiger partial charge in [0, 0.05) is 33.3 Å². The average Bonchev–Trinajstić information content (AvgIpc) is 2.96. The van der Waals surface area contributed by atoms with Gasteiger partial charge in [0.05, 0.1) is 17.7 Å². The molecule has 29 heavy (non-hydrogen) atoms. The highest BCUT2D eigenvalue weighted by Gasteiger charge is 2.48. The van der Waals surface area contributed by atoms with Gasteiger partial charge in [0.15, 0.2) is 5.82 Å². The summed E-state index contributed by atoms with van der Waals surface area (Å²) in [6, 6.07) is 3.98. The summed E-state index contributed by atoms with van der Waals surface area (Å²) in [4.78, 5) is 25.9. The Bertz CT molecular complexity index is 714. The average molecular weight is 418 g/mol. The van der Waals surface area contributed by atoms with Crippen LogP contribution in [0.25, 0.3) is 0 Å². The maximum Gasteiger partial charge on any atom is 0.490 e. The molecule has 11 heteroatoms. The van der Waals surface area contributed by atoms with Crippen molar-refractivity contribution in [1.29, 1.82) is 0 Å². The van der Waals surface area contributed by atoms with Gasteiger partial charge in [0.1, 0.15) is 0 Å². The lowest BCUT2D eigenvalue weighted by atomic mass is 9.78. The minimum absolute atomic E-state index is 0.238. The number of anilines is 1. The van der Waals surface area contributed by atoms with Crippen molar-refractivity contribution in [2.75, 3.05) is 44.8 Å². The molecule has 0 bridgehead atoms. The molecule has 1 aromatic heterocycles. The number of likely N-dealkylation sites (tertiary alicyclic amines) is 1. The van der Waals surface area contributed by atoms with Gasteiger partial charge in [-0.2, -0.15) is 18.3 Å². The summed E-state index contributed by atoms with van der Waals surface area (Å²) in [6.45, 7) is 5.78. The highest BCUT2D eigenvalue weighted by Crippen LogP contribution is 2.40. The third-order valence-corrected chi connectivity index (χ3v) is 5.09. The molecular weight excluding hydrogens is 393 g/mol. The molecule has 1 aromatic rings. The second kappa shape index (κ2) is 9.38. The first-order valence-corrected chi connectivity index (χ1v) is 9.23. The van der Waals surface area contributed by atoms with E-state index < -0.39 is 12.1 Å². The smallest absolute Gasteiger partial charge is 0.475 e. The first-order valence-electron chi connectivity index (χ1n) is 9.23. The summed E-state index contributed by atoms with van der Waals surface area (Å²) < 4.78 is 36.8. The molecule has 0 saturated carbocycles. The number of amides is 1. The molecular formula is C18H25F3N4O4. The molecule has 3 rings (SSSR count). The van der Waals surface area contributed by atoms with E-state index in [0.29, 0.717) is 13.2 Å². The van der Waals surface area contributed by atoms with Crippen LogP contribution in [-0.4, -0.2) is 78.2 Å². The number of aryl methyl sites for hydroxylation is 1. The summed E-state index contributed by atoms with van der Waals surface area (Å²) in [5.41, 5.74) is 0.677. The molecule has 0 aromatic carbocycles. The van der Waals surface area contributed by atoms with E-state index in [-0.39, 0.29) is 11.3 Å². The maximum absolute atomic E-state index is 12.8. The third-order valence-electron chi connectivity index (χ3n) is 5.09. The highest BCUT2D eigenvalue weighted by molar-refractivity contribution is 5.85. The fourth-order valence-corrected chi connectivity index (χ4v) is 3.57. The number of carboxylic acids is 1. The Morgan fingerprint density at radius 1 is 1.28 bits per heavy atom. The fourth-order valence-electron chi connectivity index (χ4n) is 3.57. The second-order valence-electron chi connectivity index (χ2n) is 7.18. The molecule has 2 aliphatic rings. The zero-order valence-electron chi connectivity index (χ0n) is 16.4. The topological polar surface area (TPSA) is 95.9 Å². The number of aromatic nitrogens is 2. The lowest BCUT2D eigenvalue weighted by Gasteiger charge is -2.39. The third kappa shape index (κ3) is 5.78. The van der Waals surface area contributed by atoms with Crippen LogP contribution in [0.3, 0.4) is 0 Å². The number of carbonyl (C=O) groups excluding carboxylic acids is 1. The van der Waals surface area contributed by atoms with Crippen LogP contribution in [-0.2, 0) is 14.3 Å². The standard InChI is InChI=1S/C16H24N4O2.C2HF3O2/c1-13-4-5-14(18-17-13)20-8-3-6-16(12-20)7-9-19(15(16)21)10-11-22-2;3-2(4,5)1(6)7/h4-5H,3,6-12H2,1-2H3;(H,6,7). The van der Waals surface area contributed by atoms with E-state index in [1.54, 1.807) is 7.11 Å².